The van der Waals surface area contributed by atoms with Gasteiger partial charge < -0.3 is 0 Å². The van der Waals surface area contributed by atoms with Crippen LogP contribution >= 0.6 is 11.8 Å². The van der Waals surface area contributed by atoms with Crippen LogP contribution in [0.2, 0.25) is 0 Å². The van der Waals surface area contributed by atoms with Gasteiger partial charge in [0.25, 0.3) is 10.0 Å². The van der Waals surface area contributed by atoms with Crippen molar-refractivity contribution in [1.29, 1.82) is 0 Å². The number of hydrogen-bond acceptors (Lipinski definition) is 3. The van der Waals surface area contributed by atoms with Gasteiger partial charge in [0.2, 0.25) is 0 Å². The summed E-state index contributed by atoms with van der Waals surface area (Å²) in [6.45, 7) is 15.2. The molecular weight excluding hydrogens is 398 g/mol. The lowest BCUT2D eigenvalue weighted by molar-refractivity contribution is 0.607. The van der Waals surface area contributed by atoms with Crippen LogP contribution in [-0.4, -0.2) is 8.42 Å². The minimum absolute atomic E-state index is 0.242. The van der Waals surface area contributed by atoms with Crippen LogP contribution in [0.5, 0.6) is 0 Å². The van der Waals surface area contributed by atoms with Crippen molar-refractivity contribution < 1.29 is 8.42 Å². The monoisotopic (exact) mass is 425 g/mol. The van der Waals surface area contributed by atoms with E-state index in [2.05, 4.69) is 17.9 Å². The van der Waals surface area contributed by atoms with Crippen molar-refractivity contribution in [2.24, 2.45) is 0 Å². The van der Waals surface area contributed by atoms with Crippen molar-refractivity contribution in [3.05, 3.63) is 88.9 Å². The van der Waals surface area contributed by atoms with Gasteiger partial charge in [0.1, 0.15) is 0 Å². The predicted molar refractivity (Wildman–Crippen MR) is 128 cm³/mol. The van der Waals surface area contributed by atoms with E-state index >= 15 is 0 Å². The van der Waals surface area contributed by atoms with Crippen LogP contribution in [0.25, 0.3) is 12.2 Å². The molecule has 0 aliphatic heterocycles. The van der Waals surface area contributed by atoms with Crippen LogP contribution in [-0.2, 0) is 10.0 Å². The highest BCUT2D eigenvalue weighted by molar-refractivity contribution is 7.99. The number of rotatable bonds is 8. The summed E-state index contributed by atoms with van der Waals surface area (Å²) in [6, 6.07) is 11.8. The van der Waals surface area contributed by atoms with Crippen LogP contribution in [0.1, 0.15) is 37.5 Å². The van der Waals surface area contributed by atoms with Crippen LogP contribution in [0, 0.1) is 6.92 Å². The molecule has 0 aromatic heterocycles. The fraction of sp³-hybridized carbons (Fsp3) is 0.167. The number of sulfonamides is 1. The van der Waals surface area contributed by atoms with E-state index in [1.807, 2.05) is 57.2 Å². The molecule has 0 spiro atoms. The summed E-state index contributed by atoms with van der Waals surface area (Å²) in [7, 11) is -3.69. The van der Waals surface area contributed by atoms with E-state index in [1.54, 1.807) is 43.0 Å². The standard InChI is InChI=1S/C24H27NO2S2/c1-7-21-19(6)24(28-20-12-10-9-11-13-20)16-23(22(21)8-2)25-29(26,27)18(5)15-14-17(3)4/h7-16,25H,1-2H2,3-6H3/b18-15+. The molecule has 0 radical (unpaired) electrons. The molecule has 2 aromatic rings. The van der Waals surface area contributed by atoms with Crippen LogP contribution in [0.3, 0.4) is 0 Å². The first-order valence-electron chi connectivity index (χ1n) is 9.19. The molecule has 0 atom stereocenters. The molecule has 5 heteroatoms. The van der Waals surface area contributed by atoms with Gasteiger partial charge in [-0.1, -0.05) is 66.9 Å². The molecule has 0 fully saturated rings. The van der Waals surface area contributed by atoms with Crippen molar-refractivity contribution in [3.8, 4) is 0 Å². The predicted octanol–water partition coefficient (Wildman–Crippen LogP) is 7.04. The van der Waals surface area contributed by atoms with Gasteiger partial charge in [0.05, 0.1) is 10.6 Å². The maximum Gasteiger partial charge on any atom is 0.257 e. The Morgan fingerprint density at radius 1 is 1.00 bits per heavy atom. The van der Waals surface area contributed by atoms with Gasteiger partial charge in [-0.25, -0.2) is 8.42 Å². The van der Waals surface area contributed by atoms with E-state index in [9.17, 15) is 8.42 Å². The van der Waals surface area contributed by atoms with Crippen LogP contribution in [0.15, 0.2) is 82.0 Å². The molecule has 0 saturated heterocycles. The number of hydrogen-bond donors (Lipinski definition) is 1. The maximum absolute atomic E-state index is 12.9. The van der Waals surface area contributed by atoms with Gasteiger partial charge in [-0.3, -0.25) is 4.72 Å². The topological polar surface area (TPSA) is 46.2 Å². The second kappa shape index (κ2) is 9.81. The Morgan fingerprint density at radius 3 is 2.17 bits per heavy atom. The average molecular weight is 426 g/mol. The summed E-state index contributed by atoms with van der Waals surface area (Å²) in [4.78, 5) is 2.28. The Labute approximate surface area is 179 Å². The summed E-state index contributed by atoms with van der Waals surface area (Å²) in [5.74, 6) is 0. The summed E-state index contributed by atoms with van der Waals surface area (Å²) < 4.78 is 28.5. The Bertz CT molecular complexity index is 1080. The van der Waals surface area contributed by atoms with Gasteiger partial charge in [-0.05, 0) is 63.1 Å². The van der Waals surface area contributed by atoms with E-state index in [1.165, 1.54) is 0 Å². The first-order valence-corrected chi connectivity index (χ1v) is 11.5. The molecule has 0 unspecified atom stereocenters. The molecule has 2 rings (SSSR count). The van der Waals surface area contributed by atoms with E-state index < -0.39 is 10.0 Å². The Balaban J connectivity index is 2.57. The number of nitrogens with one attached hydrogen (secondary N) is 1. The lowest BCUT2D eigenvalue weighted by Gasteiger charge is -2.18. The zero-order chi connectivity index (χ0) is 21.6. The molecule has 152 valence electrons. The van der Waals surface area contributed by atoms with Gasteiger partial charge in [-0.15, -0.1) is 0 Å². The number of benzene rings is 2. The minimum Gasteiger partial charge on any atom is -0.279 e. The average Bonchev–Trinajstić information content (AvgIpc) is 2.68. The summed E-state index contributed by atoms with van der Waals surface area (Å²) in [6.07, 6.45) is 6.79. The lowest BCUT2D eigenvalue weighted by Crippen LogP contribution is -2.15. The smallest absolute Gasteiger partial charge is 0.257 e. The zero-order valence-corrected chi connectivity index (χ0v) is 19.0. The summed E-state index contributed by atoms with van der Waals surface area (Å²) in [5, 5.41) is 0. The van der Waals surface area contributed by atoms with E-state index in [0.29, 0.717) is 11.3 Å². The third-order valence-corrected chi connectivity index (χ3v) is 6.95. The van der Waals surface area contributed by atoms with E-state index in [0.717, 1.165) is 26.5 Å². The largest absolute Gasteiger partial charge is 0.279 e. The minimum atomic E-state index is -3.69. The molecule has 29 heavy (non-hydrogen) atoms. The second-order valence-corrected chi connectivity index (χ2v) is 9.80. The summed E-state index contributed by atoms with van der Waals surface area (Å²) >= 11 is 1.58. The second-order valence-electron chi connectivity index (χ2n) is 6.82. The fourth-order valence-electron chi connectivity index (χ4n) is 2.68. The maximum atomic E-state index is 12.9. The highest BCUT2D eigenvalue weighted by Crippen LogP contribution is 2.38. The first kappa shape index (κ1) is 22.8. The Kier molecular flexibility index (Phi) is 7.71. The summed E-state index contributed by atoms with van der Waals surface area (Å²) in [5.41, 5.74) is 4.13. The molecule has 0 aliphatic carbocycles. The lowest BCUT2D eigenvalue weighted by atomic mass is 10.00. The molecule has 3 nitrogen and oxygen atoms in total. The molecule has 0 bridgehead atoms. The zero-order valence-electron chi connectivity index (χ0n) is 17.3. The highest BCUT2D eigenvalue weighted by Gasteiger charge is 2.18. The molecule has 2 aromatic carbocycles. The van der Waals surface area contributed by atoms with Gasteiger partial charge in [0, 0.05) is 15.4 Å². The van der Waals surface area contributed by atoms with Crippen molar-refractivity contribution in [1.82, 2.24) is 0 Å². The molecular formula is C24H27NO2S2. The molecule has 0 aliphatic rings. The quantitative estimate of drug-likeness (QED) is 0.461. The highest BCUT2D eigenvalue weighted by atomic mass is 32.2. The van der Waals surface area contributed by atoms with Gasteiger partial charge >= 0.3 is 0 Å². The molecule has 0 saturated carbocycles. The molecule has 0 heterocycles. The Hall–Kier alpha value is -2.50. The van der Waals surface area contributed by atoms with E-state index in [4.69, 9.17) is 0 Å². The SMILES string of the molecule is C=Cc1c(NS(=O)(=O)/C(C)=C/C=C(C)C)cc(Sc2ccccc2)c(C)c1C=C. The van der Waals surface area contributed by atoms with Gasteiger partial charge in [-0.2, -0.15) is 0 Å². The van der Waals surface area contributed by atoms with Crippen molar-refractivity contribution in [2.45, 2.75) is 37.5 Å². The van der Waals surface area contributed by atoms with Gasteiger partial charge in [0.15, 0.2) is 0 Å². The fourth-order valence-corrected chi connectivity index (χ4v) is 4.54. The Morgan fingerprint density at radius 2 is 1.62 bits per heavy atom. The van der Waals surface area contributed by atoms with Crippen LogP contribution in [0.4, 0.5) is 5.69 Å². The van der Waals surface area contributed by atoms with Crippen molar-refractivity contribution >= 4 is 39.6 Å². The van der Waals surface area contributed by atoms with Crippen molar-refractivity contribution in [2.75, 3.05) is 4.72 Å². The normalized spacial score (nSPS) is 11.7. The third-order valence-electron chi connectivity index (χ3n) is 4.33. The first-order chi connectivity index (χ1) is 13.7. The molecule has 1 N–H and O–H groups in total. The van der Waals surface area contributed by atoms with E-state index in [-0.39, 0.29) is 4.91 Å². The third kappa shape index (κ3) is 5.75. The van der Waals surface area contributed by atoms with Crippen molar-refractivity contribution in [3.63, 3.8) is 0 Å². The van der Waals surface area contributed by atoms with Crippen LogP contribution < -0.4 is 4.72 Å². The molecule has 0 amide bonds. The number of allylic oxidation sites excluding steroid dienone is 4. The number of anilines is 1.